The molecule has 12 heavy (non-hydrogen) atoms. The fraction of sp³-hybridized carbons (Fsp3) is 0.125. The number of hydrogen-bond acceptors (Lipinski definition) is 3. The number of aryl methyl sites for hydroxylation is 1. The summed E-state index contributed by atoms with van der Waals surface area (Å²) in [5, 5.41) is 26.7. The Hall–Kier alpha value is -1.71. The number of carboxylic acid groups (broad SMARTS) is 1. The lowest BCUT2D eigenvalue weighted by atomic mass is 10.1. The second-order valence-corrected chi connectivity index (χ2v) is 2.43. The molecule has 0 heterocycles. The molecule has 0 bridgehead atoms. The minimum absolute atomic E-state index is 0.255. The molecule has 0 saturated heterocycles. The lowest BCUT2D eigenvalue weighted by Gasteiger charge is -2.04. The van der Waals surface area contributed by atoms with Crippen molar-refractivity contribution in [3.05, 3.63) is 23.3 Å². The number of hydrogen-bond donors (Lipinski definition) is 3. The molecule has 1 aromatic carbocycles. The normalized spacial score (nSPS) is 9.75. The van der Waals surface area contributed by atoms with Gasteiger partial charge in [-0.2, -0.15) is 0 Å². The van der Waals surface area contributed by atoms with Gasteiger partial charge in [0.1, 0.15) is 5.56 Å². The first-order chi connectivity index (χ1) is 5.54. The largest absolute Gasteiger partial charge is 0.504 e. The maximum absolute atomic E-state index is 10.5. The van der Waals surface area contributed by atoms with Crippen LogP contribution in [0.1, 0.15) is 15.9 Å². The molecule has 64 valence electrons. The van der Waals surface area contributed by atoms with E-state index in [1.165, 1.54) is 12.1 Å². The molecule has 0 saturated carbocycles. The molecular weight excluding hydrogens is 160 g/mol. The van der Waals surface area contributed by atoms with Gasteiger partial charge in [0.05, 0.1) is 0 Å². The summed E-state index contributed by atoms with van der Waals surface area (Å²) in [6.45, 7) is 1.54. The molecule has 4 heteroatoms. The van der Waals surface area contributed by atoms with Gasteiger partial charge in [-0.05, 0) is 18.6 Å². The second-order valence-electron chi connectivity index (χ2n) is 2.43. The molecule has 4 nitrogen and oxygen atoms in total. The summed E-state index contributed by atoms with van der Waals surface area (Å²) in [6.07, 6.45) is 0. The van der Waals surface area contributed by atoms with Crippen molar-refractivity contribution >= 4 is 5.97 Å². The van der Waals surface area contributed by atoms with Gasteiger partial charge in [0.25, 0.3) is 0 Å². The highest BCUT2D eigenvalue weighted by Crippen LogP contribution is 2.30. The molecule has 0 radical (unpaired) electrons. The Kier molecular flexibility index (Phi) is 1.91. The quantitative estimate of drug-likeness (QED) is 0.549. The first kappa shape index (κ1) is 8.39. The lowest BCUT2D eigenvalue weighted by Crippen LogP contribution is -1.99. The van der Waals surface area contributed by atoms with Crippen LogP contribution in [0.2, 0.25) is 0 Å². The molecule has 0 spiro atoms. The lowest BCUT2D eigenvalue weighted by molar-refractivity contribution is 0.0692. The first-order valence-electron chi connectivity index (χ1n) is 3.29. The van der Waals surface area contributed by atoms with Crippen LogP contribution in [0.3, 0.4) is 0 Å². The van der Waals surface area contributed by atoms with Crippen molar-refractivity contribution in [1.82, 2.24) is 0 Å². The summed E-state index contributed by atoms with van der Waals surface area (Å²) in [7, 11) is 0. The van der Waals surface area contributed by atoms with Crippen LogP contribution in [0.5, 0.6) is 11.5 Å². The number of phenols is 2. The van der Waals surface area contributed by atoms with Crippen molar-refractivity contribution in [2.24, 2.45) is 0 Å². The zero-order chi connectivity index (χ0) is 9.30. The monoisotopic (exact) mass is 168 g/mol. The zero-order valence-electron chi connectivity index (χ0n) is 6.40. The average Bonchev–Trinajstić information content (AvgIpc) is 1.97. The van der Waals surface area contributed by atoms with Crippen molar-refractivity contribution in [3.8, 4) is 11.5 Å². The summed E-state index contributed by atoms with van der Waals surface area (Å²) in [5.74, 6) is -2.25. The Morgan fingerprint density at radius 2 is 1.92 bits per heavy atom. The van der Waals surface area contributed by atoms with Gasteiger partial charge in [-0.25, -0.2) is 4.79 Å². The molecule has 0 amide bonds. The maximum atomic E-state index is 10.5. The minimum Gasteiger partial charge on any atom is -0.504 e. The van der Waals surface area contributed by atoms with Gasteiger partial charge in [-0.3, -0.25) is 0 Å². The minimum atomic E-state index is -1.25. The van der Waals surface area contributed by atoms with E-state index in [1.54, 1.807) is 6.92 Å². The van der Waals surface area contributed by atoms with E-state index in [9.17, 15) is 4.79 Å². The molecule has 3 N–H and O–H groups in total. The van der Waals surface area contributed by atoms with E-state index >= 15 is 0 Å². The van der Waals surface area contributed by atoms with Gasteiger partial charge < -0.3 is 15.3 Å². The molecule has 0 atom stereocenters. The summed E-state index contributed by atoms with van der Waals surface area (Å²) >= 11 is 0. The van der Waals surface area contributed by atoms with Crippen LogP contribution in [0.15, 0.2) is 12.1 Å². The van der Waals surface area contributed by atoms with Crippen LogP contribution in [-0.2, 0) is 0 Å². The molecule has 0 aliphatic rings. The summed E-state index contributed by atoms with van der Waals surface area (Å²) < 4.78 is 0. The smallest absolute Gasteiger partial charge is 0.339 e. The van der Waals surface area contributed by atoms with E-state index in [2.05, 4.69) is 0 Å². The SMILES string of the molecule is Cc1ccc(O)c(O)c1C(=O)O. The molecular formula is C8H8O4. The molecule has 1 rings (SSSR count). The summed E-state index contributed by atoms with van der Waals surface area (Å²) in [6, 6.07) is 2.68. The Bertz CT molecular complexity index is 330. The second kappa shape index (κ2) is 2.73. The number of benzene rings is 1. The van der Waals surface area contributed by atoms with Crippen LogP contribution in [0, 0.1) is 6.92 Å². The third-order valence-corrected chi connectivity index (χ3v) is 1.58. The number of aromatic hydroxyl groups is 2. The molecule has 1 aromatic rings. The summed E-state index contributed by atoms with van der Waals surface area (Å²) in [4.78, 5) is 10.5. The molecule has 0 aromatic heterocycles. The molecule has 0 unspecified atom stereocenters. The number of carboxylic acids is 1. The molecule has 0 fully saturated rings. The number of phenolic OH excluding ortho intramolecular Hbond substituents is 1. The predicted molar refractivity (Wildman–Crippen MR) is 41.5 cm³/mol. The van der Waals surface area contributed by atoms with Crippen LogP contribution in [0.25, 0.3) is 0 Å². The molecule has 0 aliphatic heterocycles. The maximum Gasteiger partial charge on any atom is 0.339 e. The Morgan fingerprint density at radius 1 is 1.33 bits per heavy atom. The van der Waals surface area contributed by atoms with E-state index in [-0.39, 0.29) is 5.56 Å². The Morgan fingerprint density at radius 3 is 2.33 bits per heavy atom. The van der Waals surface area contributed by atoms with E-state index < -0.39 is 17.5 Å². The Balaban J connectivity index is 3.43. The van der Waals surface area contributed by atoms with Crippen molar-refractivity contribution in [2.75, 3.05) is 0 Å². The Labute approximate surface area is 68.7 Å². The standard InChI is InChI=1S/C8H8O4/c1-4-2-3-5(9)7(10)6(4)8(11)12/h2-3,9-10H,1H3,(H,11,12). The topological polar surface area (TPSA) is 77.8 Å². The van der Waals surface area contributed by atoms with Crippen LogP contribution in [0.4, 0.5) is 0 Å². The van der Waals surface area contributed by atoms with Crippen molar-refractivity contribution in [3.63, 3.8) is 0 Å². The highest BCUT2D eigenvalue weighted by atomic mass is 16.4. The van der Waals surface area contributed by atoms with Gasteiger partial charge in [0.2, 0.25) is 0 Å². The number of rotatable bonds is 1. The van der Waals surface area contributed by atoms with Crippen molar-refractivity contribution in [1.29, 1.82) is 0 Å². The highest BCUT2D eigenvalue weighted by Gasteiger charge is 2.15. The van der Waals surface area contributed by atoms with Gasteiger partial charge in [0, 0.05) is 0 Å². The van der Waals surface area contributed by atoms with Crippen LogP contribution in [-0.4, -0.2) is 21.3 Å². The average molecular weight is 168 g/mol. The van der Waals surface area contributed by atoms with E-state index in [4.69, 9.17) is 15.3 Å². The number of carbonyl (C=O) groups is 1. The van der Waals surface area contributed by atoms with Gasteiger partial charge in [-0.15, -0.1) is 0 Å². The van der Waals surface area contributed by atoms with Gasteiger partial charge in [0.15, 0.2) is 11.5 Å². The van der Waals surface area contributed by atoms with Gasteiger partial charge >= 0.3 is 5.97 Å². The van der Waals surface area contributed by atoms with E-state index in [0.717, 1.165) is 0 Å². The predicted octanol–water partition coefficient (Wildman–Crippen LogP) is 1.10. The highest BCUT2D eigenvalue weighted by molar-refractivity contribution is 5.93. The fourth-order valence-corrected chi connectivity index (χ4v) is 0.951. The van der Waals surface area contributed by atoms with E-state index in [0.29, 0.717) is 5.56 Å². The third kappa shape index (κ3) is 1.18. The van der Waals surface area contributed by atoms with Crippen LogP contribution < -0.4 is 0 Å². The first-order valence-corrected chi connectivity index (χ1v) is 3.29. The third-order valence-electron chi connectivity index (χ3n) is 1.58. The van der Waals surface area contributed by atoms with Crippen molar-refractivity contribution < 1.29 is 20.1 Å². The number of aromatic carboxylic acids is 1. The van der Waals surface area contributed by atoms with E-state index in [1.807, 2.05) is 0 Å². The van der Waals surface area contributed by atoms with Gasteiger partial charge in [-0.1, -0.05) is 6.07 Å². The molecule has 0 aliphatic carbocycles. The van der Waals surface area contributed by atoms with Crippen molar-refractivity contribution in [2.45, 2.75) is 6.92 Å². The fourth-order valence-electron chi connectivity index (χ4n) is 0.951. The summed E-state index contributed by atoms with van der Waals surface area (Å²) in [5.41, 5.74) is 0.160. The van der Waals surface area contributed by atoms with Crippen LogP contribution >= 0.6 is 0 Å². The zero-order valence-corrected chi connectivity index (χ0v) is 6.40.